The Morgan fingerprint density at radius 1 is 1.00 bits per heavy atom. The van der Waals surface area contributed by atoms with Crippen LogP contribution in [0.5, 0.6) is 5.75 Å². The van der Waals surface area contributed by atoms with Crippen LogP contribution in [-0.4, -0.2) is 28.5 Å². The van der Waals surface area contributed by atoms with E-state index in [1.165, 1.54) is 24.3 Å². The van der Waals surface area contributed by atoms with E-state index in [9.17, 15) is 18.8 Å². The van der Waals surface area contributed by atoms with Crippen molar-refractivity contribution >= 4 is 40.6 Å². The number of carbonyl (C=O) groups excluding carboxylic acids is 3. The van der Waals surface area contributed by atoms with Crippen LogP contribution in [0, 0.1) is 5.82 Å². The normalized spacial score (nSPS) is 14.6. The van der Waals surface area contributed by atoms with Gasteiger partial charge in [0.1, 0.15) is 24.7 Å². The van der Waals surface area contributed by atoms with Gasteiger partial charge in [0.25, 0.3) is 11.1 Å². The second-order valence-electron chi connectivity index (χ2n) is 7.17. The number of nitrogens with zero attached hydrogens (tertiary/aromatic N) is 1. The number of ether oxygens (including phenoxy) is 1. The molecule has 1 aliphatic heterocycles. The summed E-state index contributed by atoms with van der Waals surface area (Å²) in [6.07, 6.45) is 1.60. The molecule has 3 aromatic carbocycles. The largest absolute Gasteiger partial charge is 0.489 e. The lowest BCUT2D eigenvalue weighted by Crippen LogP contribution is -2.36. The number of nitrogens with one attached hydrogen (secondary N) is 1. The van der Waals surface area contributed by atoms with Crippen LogP contribution in [0.2, 0.25) is 0 Å². The Balaban J connectivity index is 1.39. The highest BCUT2D eigenvalue weighted by atomic mass is 32.2. The van der Waals surface area contributed by atoms with Gasteiger partial charge in [0.05, 0.1) is 4.91 Å². The second kappa shape index (κ2) is 10.1. The van der Waals surface area contributed by atoms with Crippen molar-refractivity contribution < 1.29 is 23.5 Å². The van der Waals surface area contributed by atoms with Crippen LogP contribution < -0.4 is 10.1 Å². The van der Waals surface area contributed by atoms with Gasteiger partial charge < -0.3 is 10.1 Å². The Kier molecular flexibility index (Phi) is 6.85. The fourth-order valence-electron chi connectivity index (χ4n) is 3.10. The van der Waals surface area contributed by atoms with Crippen molar-refractivity contribution in [1.29, 1.82) is 0 Å². The highest BCUT2D eigenvalue weighted by molar-refractivity contribution is 8.18. The molecule has 0 spiro atoms. The molecule has 0 saturated carbocycles. The molecule has 6 nitrogen and oxygen atoms in total. The maximum atomic E-state index is 13.0. The third-order valence-electron chi connectivity index (χ3n) is 4.71. The van der Waals surface area contributed by atoms with Gasteiger partial charge in [-0.1, -0.05) is 42.5 Å². The van der Waals surface area contributed by atoms with Crippen LogP contribution >= 0.6 is 11.8 Å². The molecule has 0 bridgehead atoms. The number of hydrogen-bond acceptors (Lipinski definition) is 5. The van der Waals surface area contributed by atoms with Gasteiger partial charge in [-0.15, -0.1) is 0 Å². The zero-order chi connectivity index (χ0) is 23.2. The predicted octanol–water partition coefficient (Wildman–Crippen LogP) is 5.08. The van der Waals surface area contributed by atoms with E-state index in [0.717, 1.165) is 22.2 Å². The molecule has 4 rings (SSSR count). The van der Waals surface area contributed by atoms with Gasteiger partial charge in [-0.25, -0.2) is 4.39 Å². The van der Waals surface area contributed by atoms with Gasteiger partial charge in [0, 0.05) is 5.69 Å². The van der Waals surface area contributed by atoms with Crippen LogP contribution in [0.3, 0.4) is 0 Å². The molecule has 0 aliphatic carbocycles. The van der Waals surface area contributed by atoms with E-state index in [-0.39, 0.29) is 4.91 Å². The standard InChI is InChI=1S/C25H19FN2O4S/c26-19-9-11-20(12-10-19)27-23(29)15-28-24(30)22(33-25(28)31)14-18-7-4-8-21(13-18)32-16-17-5-2-1-3-6-17/h1-14H,15-16H2,(H,27,29)/b22-14+. The number of anilines is 1. The number of amides is 3. The van der Waals surface area contributed by atoms with Gasteiger partial charge in [0.2, 0.25) is 5.91 Å². The molecule has 1 heterocycles. The third-order valence-corrected chi connectivity index (χ3v) is 5.61. The number of thioether (sulfide) groups is 1. The van der Waals surface area contributed by atoms with E-state index in [2.05, 4.69) is 5.32 Å². The highest BCUT2D eigenvalue weighted by Crippen LogP contribution is 2.32. The molecule has 0 radical (unpaired) electrons. The smallest absolute Gasteiger partial charge is 0.294 e. The summed E-state index contributed by atoms with van der Waals surface area (Å²) >= 11 is 0.771. The van der Waals surface area contributed by atoms with Crippen molar-refractivity contribution in [3.63, 3.8) is 0 Å². The summed E-state index contributed by atoms with van der Waals surface area (Å²) in [6.45, 7) is -0.0242. The Morgan fingerprint density at radius 3 is 2.52 bits per heavy atom. The first kappa shape index (κ1) is 22.3. The van der Waals surface area contributed by atoms with E-state index in [1.54, 1.807) is 24.3 Å². The van der Waals surface area contributed by atoms with Crippen LogP contribution in [0.4, 0.5) is 14.9 Å². The molecule has 0 atom stereocenters. The topological polar surface area (TPSA) is 75.7 Å². The average molecular weight is 463 g/mol. The average Bonchev–Trinajstić information content (AvgIpc) is 3.07. The summed E-state index contributed by atoms with van der Waals surface area (Å²) in [4.78, 5) is 38.4. The SMILES string of the molecule is O=C(CN1C(=O)S/C(=C/c2cccc(OCc3ccccc3)c2)C1=O)Nc1ccc(F)cc1. The van der Waals surface area contributed by atoms with Gasteiger partial charge >= 0.3 is 0 Å². The van der Waals surface area contributed by atoms with Gasteiger partial charge in [-0.3, -0.25) is 19.3 Å². The fraction of sp³-hybridized carbons (Fsp3) is 0.0800. The van der Waals surface area contributed by atoms with Crippen LogP contribution in [0.25, 0.3) is 6.08 Å². The number of benzene rings is 3. The molecular formula is C25H19FN2O4S. The van der Waals surface area contributed by atoms with Crippen molar-refractivity contribution in [2.24, 2.45) is 0 Å². The molecule has 0 aromatic heterocycles. The molecule has 1 aliphatic rings. The Hall–Kier alpha value is -3.91. The minimum Gasteiger partial charge on any atom is -0.489 e. The van der Waals surface area contributed by atoms with Crippen molar-refractivity contribution in [3.05, 3.63) is 101 Å². The first-order valence-corrected chi connectivity index (χ1v) is 10.9. The lowest BCUT2D eigenvalue weighted by molar-refractivity contribution is -0.127. The second-order valence-corrected chi connectivity index (χ2v) is 8.16. The zero-order valence-corrected chi connectivity index (χ0v) is 18.2. The molecular weight excluding hydrogens is 443 g/mol. The zero-order valence-electron chi connectivity index (χ0n) is 17.4. The molecule has 3 amide bonds. The molecule has 3 aromatic rings. The molecule has 1 N–H and O–H groups in total. The summed E-state index contributed by atoms with van der Waals surface area (Å²) in [7, 11) is 0. The summed E-state index contributed by atoms with van der Waals surface area (Å²) in [5.41, 5.74) is 2.10. The number of halogens is 1. The van der Waals surface area contributed by atoms with E-state index >= 15 is 0 Å². The molecule has 166 valence electrons. The van der Waals surface area contributed by atoms with Gasteiger partial charge in [0.15, 0.2) is 0 Å². The van der Waals surface area contributed by atoms with Crippen molar-refractivity contribution in [2.75, 3.05) is 11.9 Å². The summed E-state index contributed by atoms with van der Waals surface area (Å²) < 4.78 is 18.8. The van der Waals surface area contributed by atoms with E-state index < -0.39 is 29.4 Å². The number of imide groups is 1. The maximum absolute atomic E-state index is 13.0. The lowest BCUT2D eigenvalue weighted by atomic mass is 10.2. The predicted molar refractivity (Wildman–Crippen MR) is 125 cm³/mol. The Bertz CT molecular complexity index is 1210. The summed E-state index contributed by atoms with van der Waals surface area (Å²) in [5.74, 6) is -0.902. The Labute approximate surface area is 194 Å². The van der Waals surface area contributed by atoms with Gasteiger partial charge in [-0.05, 0) is 65.4 Å². The van der Waals surface area contributed by atoms with Crippen LogP contribution in [-0.2, 0) is 16.2 Å². The highest BCUT2D eigenvalue weighted by Gasteiger charge is 2.36. The number of carbonyl (C=O) groups is 3. The minimum atomic E-state index is -0.554. The molecule has 33 heavy (non-hydrogen) atoms. The quantitative estimate of drug-likeness (QED) is 0.496. The third kappa shape index (κ3) is 5.87. The maximum Gasteiger partial charge on any atom is 0.294 e. The number of hydrogen-bond donors (Lipinski definition) is 1. The Morgan fingerprint density at radius 2 is 1.76 bits per heavy atom. The molecule has 1 fully saturated rings. The molecule has 1 saturated heterocycles. The molecule has 0 unspecified atom stereocenters. The van der Waals surface area contributed by atoms with E-state index in [1.807, 2.05) is 36.4 Å². The lowest BCUT2D eigenvalue weighted by Gasteiger charge is -2.12. The van der Waals surface area contributed by atoms with Crippen molar-refractivity contribution in [2.45, 2.75) is 6.61 Å². The minimum absolute atomic E-state index is 0.217. The first-order valence-electron chi connectivity index (χ1n) is 10.1. The monoisotopic (exact) mass is 462 g/mol. The summed E-state index contributed by atoms with van der Waals surface area (Å²) in [6, 6.07) is 22.1. The fourth-order valence-corrected chi connectivity index (χ4v) is 3.94. The van der Waals surface area contributed by atoms with E-state index in [0.29, 0.717) is 23.6 Å². The summed E-state index contributed by atoms with van der Waals surface area (Å²) in [5, 5.41) is 2.01. The van der Waals surface area contributed by atoms with Gasteiger partial charge in [-0.2, -0.15) is 0 Å². The van der Waals surface area contributed by atoms with E-state index in [4.69, 9.17) is 4.74 Å². The van der Waals surface area contributed by atoms with Crippen molar-refractivity contribution in [3.8, 4) is 5.75 Å². The van der Waals surface area contributed by atoms with Crippen molar-refractivity contribution in [1.82, 2.24) is 4.90 Å². The number of rotatable bonds is 7. The first-order chi connectivity index (χ1) is 16.0. The molecule has 8 heteroatoms. The van der Waals surface area contributed by atoms with Crippen LogP contribution in [0.15, 0.2) is 83.8 Å². The van der Waals surface area contributed by atoms with Crippen LogP contribution in [0.1, 0.15) is 11.1 Å².